The van der Waals surface area contributed by atoms with Crippen molar-refractivity contribution in [2.45, 2.75) is 38.6 Å². The van der Waals surface area contributed by atoms with Crippen LogP contribution < -0.4 is 11.2 Å². The molecule has 1 saturated heterocycles. The van der Waals surface area contributed by atoms with E-state index >= 15 is 0 Å². The highest BCUT2D eigenvalue weighted by molar-refractivity contribution is 5.76. The predicted octanol–water partition coefficient (Wildman–Crippen LogP) is 1.43. The highest BCUT2D eigenvalue weighted by atomic mass is 16.2. The Morgan fingerprint density at radius 1 is 1.24 bits per heavy atom. The smallest absolute Gasteiger partial charge is 0.328 e. The van der Waals surface area contributed by atoms with Crippen molar-refractivity contribution >= 4 is 5.91 Å². The molecule has 0 bridgehead atoms. The third kappa shape index (κ3) is 3.57. The molecule has 6 nitrogen and oxygen atoms in total. The van der Waals surface area contributed by atoms with E-state index in [1.165, 1.54) is 16.3 Å². The molecule has 1 N–H and O–H groups in total. The van der Waals surface area contributed by atoms with Gasteiger partial charge in [0.2, 0.25) is 5.91 Å². The molecule has 2 heterocycles. The standard InChI is InChI=1S/C19H23N3O3/c1-14-11-22(18(25)20-17(14)24)12-16(23)21-10-6-9-19(2,13-21)15-7-4-3-5-8-15/h3-5,7-8,11H,6,9-10,12-13H2,1-2H3,(H,20,24,25)/t19-/m0/s1. The molecule has 1 aromatic carbocycles. The number of piperidine rings is 1. The van der Waals surface area contributed by atoms with Crippen molar-refractivity contribution in [3.05, 3.63) is 68.5 Å². The summed E-state index contributed by atoms with van der Waals surface area (Å²) >= 11 is 0. The van der Waals surface area contributed by atoms with Crippen LogP contribution in [-0.4, -0.2) is 33.4 Å². The van der Waals surface area contributed by atoms with Crippen LogP contribution in [0, 0.1) is 6.92 Å². The molecule has 1 aromatic heterocycles. The summed E-state index contributed by atoms with van der Waals surface area (Å²) in [5.74, 6) is -0.101. The second kappa shape index (κ2) is 6.70. The van der Waals surface area contributed by atoms with E-state index in [0.29, 0.717) is 18.7 Å². The van der Waals surface area contributed by atoms with E-state index in [4.69, 9.17) is 0 Å². The maximum Gasteiger partial charge on any atom is 0.328 e. The molecule has 6 heteroatoms. The molecule has 0 spiro atoms. The van der Waals surface area contributed by atoms with Crippen LogP contribution in [0.3, 0.4) is 0 Å². The molecular weight excluding hydrogens is 318 g/mol. The first-order valence-corrected chi connectivity index (χ1v) is 8.53. The fourth-order valence-corrected chi connectivity index (χ4v) is 3.51. The van der Waals surface area contributed by atoms with Crippen LogP contribution in [0.25, 0.3) is 0 Å². The van der Waals surface area contributed by atoms with Crippen molar-refractivity contribution in [3.8, 4) is 0 Å². The van der Waals surface area contributed by atoms with E-state index in [-0.39, 0.29) is 17.9 Å². The summed E-state index contributed by atoms with van der Waals surface area (Å²) < 4.78 is 1.27. The Balaban J connectivity index is 1.78. The number of nitrogens with one attached hydrogen (secondary N) is 1. The highest BCUT2D eigenvalue weighted by Crippen LogP contribution is 2.33. The molecule has 0 unspecified atom stereocenters. The van der Waals surface area contributed by atoms with Gasteiger partial charge in [-0.15, -0.1) is 0 Å². The lowest BCUT2D eigenvalue weighted by Gasteiger charge is -2.41. The van der Waals surface area contributed by atoms with Crippen molar-refractivity contribution in [1.29, 1.82) is 0 Å². The van der Waals surface area contributed by atoms with Crippen LogP contribution in [0.1, 0.15) is 30.9 Å². The summed E-state index contributed by atoms with van der Waals surface area (Å²) in [6.45, 7) is 5.07. The number of hydrogen-bond acceptors (Lipinski definition) is 3. The predicted molar refractivity (Wildman–Crippen MR) is 95.7 cm³/mol. The second-order valence-electron chi connectivity index (χ2n) is 7.04. The van der Waals surface area contributed by atoms with Crippen LogP contribution >= 0.6 is 0 Å². The molecule has 132 valence electrons. The van der Waals surface area contributed by atoms with Gasteiger partial charge in [0.05, 0.1) is 0 Å². The number of benzene rings is 1. The monoisotopic (exact) mass is 341 g/mol. The first-order chi connectivity index (χ1) is 11.9. The number of H-pyrrole nitrogens is 1. The van der Waals surface area contributed by atoms with Gasteiger partial charge in [0.25, 0.3) is 5.56 Å². The maximum absolute atomic E-state index is 12.7. The molecule has 1 aliphatic rings. The van der Waals surface area contributed by atoms with Gasteiger partial charge < -0.3 is 4.90 Å². The normalized spacial score (nSPS) is 20.5. The summed E-state index contributed by atoms with van der Waals surface area (Å²) in [6.07, 6.45) is 3.40. The van der Waals surface area contributed by atoms with Crippen LogP contribution in [0.2, 0.25) is 0 Å². The molecule has 1 amide bonds. The van der Waals surface area contributed by atoms with E-state index in [2.05, 4.69) is 24.0 Å². The molecule has 2 aromatic rings. The first kappa shape index (κ1) is 17.2. The van der Waals surface area contributed by atoms with Gasteiger partial charge in [-0.25, -0.2) is 4.79 Å². The Bertz CT molecular complexity index is 885. The molecule has 1 atom stereocenters. The van der Waals surface area contributed by atoms with Gasteiger partial charge in [-0.3, -0.25) is 19.1 Å². The highest BCUT2D eigenvalue weighted by Gasteiger charge is 2.34. The molecule has 0 aliphatic carbocycles. The third-order valence-electron chi connectivity index (χ3n) is 5.01. The summed E-state index contributed by atoms with van der Waals surface area (Å²) in [5, 5.41) is 0. The third-order valence-corrected chi connectivity index (χ3v) is 5.01. The van der Waals surface area contributed by atoms with Crippen LogP contribution in [0.15, 0.2) is 46.1 Å². The zero-order chi connectivity index (χ0) is 18.0. The summed E-state index contributed by atoms with van der Waals surface area (Å²) in [7, 11) is 0. The number of carbonyl (C=O) groups is 1. The lowest BCUT2D eigenvalue weighted by Crippen LogP contribution is -2.48. The second-order valence-corrected chi connectivity index (χ2v) is 7.04. The van der Waals surface area contributed by atoms with Gasteiger partial charge in [-0.2, -0.15) is 0 Å². The van der Waals surface area contributed by atoms with Gasteiger partial charge >= 0.3 is 5.69 Å². The van der Waals surface area contributed by atoms with Crippen LogP contribution in [0.4, 0.5) is 0 Å². The molecular formula is C19H23N3O3. The van der Waals surface area contributed by atoms with Crippen molar-refractivity contribution in [3.63, 3.8) is 0 Å². The minimum absolute atomic E-state index is 0.0542. The van der Waals surface area contributed by atoms with Crippen molar-refractivity contribution < 1.29 is 4.79 Å². The van der Waals surface area contributed by atoms with Crippen molar-refractivity contribution in [1.82, 2.24) is 14.5 Å². The molecule has 1 aliphatic heterocycles. The summed E-state index contributed by atoms with van der Waals surface area (Å²) in [6, 6.07) is 10.2. The lowest BCUT2D eigenvalue weighted by molar-refractivity contribution is -0.134. The number of amides is 1. The zero-order valence-electron chi connectivity index (χ0n) is 14.6. The van der Waals surface area contributed by atoms with E-state index in [1.54, 1.807) is 6.92 Å². The largest absolute Gasteiger partial charge is 0.340 e. The van der Waals surface area contributed by atoms with Gasteiger partial charge in [0, 0.05) is 30.3 Å². The van der Waals surface area contributed by atoms with E-state index in [9.17, 15) is 14.4 Å². The summed E-state index contributed by atoms with van der Waals surface area (Å²) in [4.78, 5) is 40.1. The number of carbonyl (C=O) groups excluding carboxylic acids is 1. The van der Waals surface area contributed by atoms with Crippen LogP contribution in [0.5, 0.6) is 0 Å². The number of aromatic amines is 1. The minimum Gasteiger partial charge on any atom is -0.340 e. The van der Waals surface area contributed by atoms with Gasteiger partial charge in [-0.1, -0.05) is 37.3 Å². The van der Waals surface area contributed by atoms with E-state index in [1.807, 2.05) is 23.1 Å². The number of aryl methyl sites for hydroxylation is 1. The first-order valence-electron chi connectivity index (χ1n) is 8.53. The average Bonchev–Trinajstić information content (AvgIpc) is 2.60. The Morgan fingerprint density at radius 2 is 1.96 bits per heavy atom. The molecule has 0 saturated carbocycles. The number of likely N-dealkylation sites (tertiary alicyclic amines) is 1. The topological polar surface area (TPSA) is 75.2 Å². The van der Waals surface area contributed by atoms with E-state index < -0.39 is 11.2 Å². The Morgan fingerprint density at radius 3 is 2.68 bits per heavy atom. The molecule has 1 fully saturated rings. The number of hydrogen-bond donors (Lipinski definition) is 1. The van der Waals surface area contributed by atoms with E-state index in [0.717, 1.165) is 12.8 Å². The lowest BCUT2D eigenvalue weighted by atomic mass is 9.76. The van der Waals surface area contributed by atoms with Gasteiger partial charge in [-0.05, 0) is 25.3 Å². The maximum atomic E-state index is 12.7. The van der Waals surface area contributed by atoms with Gasteiger partial charge in [0.1, 0.15) is 6.54 Å². The van der Waals surface area contributed by atoms with Gasteiger partial charge in [0.15, 0.2) is 0 Å². The number of rotatable bonds is 3. The average molecular weight is 341 g/mol. The minimum atomic E-state index is -0.549. The van der Waals surface area contributed by atoms with Crippen molar-refractivity contribution in [2.24, 2.45) is 0 Å². The quantitative estimate of drug-likeness (QED) is 0.917. The Labute approximate surface area is 146 Å². The molecule has 0 radical (unpaired) electrons. The fraction of sp³-hybridized carbons (Fsp3) is 0.421. The molecule has 25 heavy (non-hydrogen) atoms. The zero-order valence-corrected chi connectivity index (χ0v) is 14.6. The number of nitrogens with zero attached hydrogens (tertiary/aromatic N) is 2. The summed E-state index contributed by atoms with van der Waals surface area (Å²) in [5.41, 5.74) is 0.598. The molecule has 3 rings (SSSR count). The SMILES string of the molecule is Cc1cn(CC(=O)N2CCC[C@](C)(c3ccccc3)C2)c(=O)[nH]c1=O. The Hall–Kier alpha value is -2.63. The van der Waals surface area contributed by atoms with Crippen molar-refractivity contribution in [2.75, 3.05) is 13.1 Å². The number of aromatic nitrogens is 2. The van der Waals surface area contributed by atoms with Crippen LogP contribution in [-0.2, 0) is 16.8 Å². The Kier molecular flexibility index (Phi) is 4.61. The fourth-order valence-electron chi connectivity index (χ4n) is 3.51.